The molecule has 1 amide bonds. The van der Waals surface area contributed by atoms with E-state index in [1.54, 1.807) is 42.5 Å². The molecular weight excluding hydrogens is 363 g/mol. The van der Waals surface area contributed by atoms with Gasteiger partial charge in [-0.25, -0.2) is 0 Å². The van der Waals surface area contributed by atoms with Crippen molar-refractivity contribution < 1.29 is 4.79 Å². The number of halogens is 3. The number of nitrogens with two attached hydrogens (primary N) is 1. The number of anilines is 1. The van der Waals surface area contributed by atoms with Gasteiger partial charge in [-0.15, -0.1) is 0 Å². The maximum absolute atomic E-state index is 11.7. The van der Waals surface area contributed by atoms with E-state index in [2.05, 4.69) is 21.2 Å². The lowest BCUT2D eigenvalue weighted by Gasteiger charge is -2.18. The highest BCUT2D eigenvalue weighted by atomic mass is 79.9. The number of nitrogens with one attached hydrogen (secondary N) is 1. The summed E-state index contributed by atoms with van der Waals surface area (Å²) >= 11 is 15.4. The standard InChI is InChI=1S/C14H11BrCl2N2O/c15-10-7-8(5-6-12(10)17)19-13(14(18)20)9-3-1-2-4-11(9)16/h1-7,13,19H,(H2,18,20). The first-order valence-corrected chi connectivity index (χ1v) is 7.29. The lowest BCUT2D eigenvalue weighted by Crippen LogP contribution is -2.28. The third-order valence-electron chi connectivity index (χ3n) is 2.73. The van der Waals surface area contributed by atoms with Crippen LogP contribution in [0.4, 0.5) is 5.69 Å². The summed E-state index contributed by atoms with van der Waals surface area (Å²) in [7, 11) is 0. The summed E-state index contributed by atoms with van der Waals surface area (Å²) in [6.07, 6.45) is 0. The van der Waals surface area contributed by atoms with Crippen LogP contribution in [0.5, 0.6) is 0 Å². The molecule has 3 nitrogen and oxygen atoms in total. The SMILES string of the molecule is NC(=O)C(Nc1ccc(Cl)c(Br)c1)c1ccccc1Cl. The largest absolute Gasteiger partial charge is 0.370 e. The lowest BCUT2D eigenvalue weighted by molar-refractivity contribution is -0.118. The molecule has 2 aromatic rings. The van der Waals surface area contributed by atoms with E-state index in [4.69, 9.17) is 28.9 Å². The van der Waals surface area contributed by atoms with E-state index in [-0.39, 0.29) is 0 Å². The maximum Gasteiger partial charge on any atom is 0.244 e. The molecule has 104 valence electrons. The van der Waals surface area contributed by atoms with Crippen molar-refractivity contribution in [3.8, 4) is 0 Å². The highest BCUT2D eigenvalue weighted by Gasteiger charge is 2.20. The number of amides is 1. The van der Waals surface area contributed by atoms with Crippen LogP contribution >= 0.6 is 39.1 Å². The van der Waals surface area contributed by atoms with Gasteiger partial charge >= 0.3 is 0 Å². The Morgan fingerprint density at radius 2 is 1.85 bits per heavy atom. The van der Waals surface area contributed by atoms with Crippen molar-refractivity contribution in [1.29, 1.82) is 0 Å². The summed E-state index contributed by atoms with van der Waals surface area (Å²) in [4.78, 5) is 11.7. The second-order valence-electron chi connectivity index (χ2n) is 4.13. The minimum Gasteiger partial charge on any atom is -0.370 e. The normalized spacial score (nSPS) is 11.9. The molecule has 0 radical (unpaired) electrons. The second-order valence-corrected chi connectivity index (χ2v) is 5.80. The van der Waals surface area contributed by atoms with Gasteiger partial charge in [-0.05, 0) is 40.2 Å². The fourth-order valence-corrected chi connectivity index (χ4v) is 2.51. The Morgan fingerprint density at radius 3 is 2.45 bits per heavy atom. The van der Waals surface area contributed by atoms with E-state index >= 15 is 0 Å². The van der Waals surface area contributed by atoms with Crippen molar-refractivity contribution in [3.63, 3.8) is 0 Å². The van der Waals surface area contributed by atoms with Crippen LogP contribution < -0.4 is 11.1 Å². The van der Waals surface area contributed by atoms with Gasteiger partial charge in [0.2, 0.25) is 5.91 Å². The molecule has 2 aromatic carbocycles. The first-order chi connectivity index (χ1) is 9.49. The van der Waals surface area contributed by atoms with Gasteiger partial charge in [0.05, 0.1) is 5.02 Å². The van der Waals surface area contributed by atoms with Crippen LogP contribution in [0.15, 0.2) is 46.9 Å². The molecule has 0 saturated heterocycles. The van der Waals surface area contributed by atoms with Gasteiger partial charge in [0, 0.05) is 20.7 Å². The van der Waals surface area contributed by atoms with E-state index in [0.717, 1.165) is 4.47 Å². The highest BCUT2D eigenvalue weighted by molar-refractivity contribution is 9.10. The van der Waals surface area contributed by atoms with Gasteiger partial charge in [0.1, 0.15) is 6.04 Å². The van der Waals surface area contributed by atoms with Crippen molar-refractivity contribution in [3.05, 3.63) is 62.5 Å². The summed E-state index contributed by atoms with van der Waals surface area (Å²) < 4.78 is 0.728. The summed E-state index contributed by atoms with van der Waals surface area (Å²) in [5, 5.41) is 4.13. The van der Waals surface area contributed by atoms with Gasteiger partial charge in [0.25, 0.3) is 0 Å². The van der Waals surface area contributed by atoms with E-state index in [0.29, 0.717) is 21.3 Å². The van der Waals surface area contributed by atoms with E-state index in [1.165, 1.54) is 0 Å². The predicted octanol–water partition coefficient (Wildman–Crippen LogP) is 4.39. The number of carbonyl (C=O) groups excluding carboxylic acids is 1. The van der Waals surface area contributed by atoms with Gasteiger partial charge < -0.3 is 11.1 Å². The predicted molar refractivity (Wildman–Crippen MR) is 86.2 cm³/mol. The first kappa shape index (κ1) is 15.2. The summed E-state index contributed by atoms with van der Waals surface area (Å²) in [5.74, 6) is -0.510. The van der Waals surface area contributed by atoms with Crippen LogP contribution in [0.1, 0.15) is 11.6 Å². The number of benzene rings is 2. The quantitative estimate of drug-likeness (QED) is 0.834. The van der Waals surface area contributed by atoms with Crippen molar-refractivity contribution in [2.45, 2.75) is 6.04 Å². The number of hydrogen-bond donors (Lipinski definition) is 2. The molecule has 0 aromatic heterocycles. The topological polar surface area (TPSA) is 55.1 Å². The average Bonchev–Trinajstić information content (AvgIpc) is 2.41. The third kappa shape index (κ3) is 3.45. The minimum absolute atomic E-state index is 0.483. The molecule has 0 spiro atoms. The first-order valence-electron chi connectivity index (χ1n) is 5.74. The van der Waals surface area contributed by atoms with Gasteiger partial charge in [-0.2, -0.15) is 0 Å². The number of carbonyl (C=O) groups is 1. The molecule has 3 N–H and O–H groups in total. The van der Waals surface area contributed by atoms with Gasteiger partial charge in [-0.3, -0.25) is 4.79 Å². The molecule has 20 heavy (non-hydrogen) atoms. The van der Waals surface area contributed by atoms with Gasteiger partial charge in [0.15, 0.2) is 0 Å². The molecule has 1 atom stereocenters. The summed E-state index contributed by atoms with van der Waals surface area (Å²) in [5.41, 5.74) is 6.80. The van der Waals surface area contributed by atoms with Crippen molar-refractivity contribution in [1.82, 2.24) is 0 Å². The minimum atomic E-state index is -0.711. The number of rotatable bonds is 4. The Kier molecular flexibility index (Phi) is 4.91. The smallest absolute Gasteiger partial charge is 0.244 e. The average molecular weight is 374 g/mol. The zero-order chi connectivity index (χ0) is 14.7. The van der Waals surface area contributed by atoms with Crippen LogP contribution in [-0.4, -0.2) is 5.91 Å². The Balaban J connectivity index is 2.33. The number of hydrogen-bond acceptors (Lipinski definition) is 2. The van der Waals surface area contributed by atoms with Gasteiger partial charge in [-0.1, -0.05) is 41.4 Å². The molecular formula is C14H11BrCl2N2O. The van der Waals surface area contributed by atoms with E-state index in [1.807, 2.05) is 0 Å². The molecule has 0 saturated carbocycles. The molecule has 0 heterocycles. The van der Waals surface area contributed by atoms with E-state index < -0.39 is 11.9 Å². The highest BCUT2D eigenvalue weighted by Crippen LogP contribution is 2.29. The van der Waals surface area contributed by atoms with Crippen LogP contribution in [0, 0.1) is 0 Å². The van der Waals surface area contributed by atoms with Crippen molar-refractivity contribution in [2.75, 3.05) is 5.32 Å². The molecule has 0 aliphatic rings. The molecule has 0 aliphatic heterocycles. The third-order valence-corrected chi connectivity index (χ3v) is 4.29. The summed E-state index contributed by atoms with van der Waals surface area (Å²) in [6.45, 7) is 0. The number of primary amides is 1. The fraction of sp³-hybridized carbons (Fsp3) is 0.0714. The lowest BCUT2D eigenvalue weighted by atomic mass is 10.1. The molecule has 0 bridgehead atoms. The Hall–Kier alpha value is -1.23. The molecule has 1 unspecified atom stereocenters. The zero-order valence-electron chi connectivity index (χ0n) is 10.2. The second kappa shape index (κ2) is 6.48. The monoisotopic (exact) mass is 372 g/mol. The Bertz CT molecular complexity index is 649. The molecule has 6 heteroatoms. The maximum atomic E-state index is 11.7. The molecule has 0 aliphatic carbocycles. The van der Waals surface area contributed by atoms with Crippen LogP contribution in [0.2, 0.25) is 10.0 Å². The Labute approximate surface area is 135 Å². The molecule has 0 fully saturated rings. The molecule has 2 rings (SSSR count). The fourth-order valence-electron chi connectivity index (χ4n) is 1.76. The van der Waals surface area contributed by atoms with Crippen LogP contribution in [-0.2, 0) is 4.79 Å². The zero-order valence-corrected chi connectivity index (χ0v) is 13.3. The van der Waals surface area contributed by atoms with E-state index in [9.17, 15) is 4.79 Å². The van der Waals surface area contributed by atoms with Crippen LogP contribution in [0.25, 0.3) is 0 Å². The Morgan fingerprint density at radius 1 is 1.15 bits per heavy atom. The van der Waals surface area contributed by atoms with Crippen LogP contribution in [0.3, 0.4) is 0 Å². The van der Waals surface area contributed by atoms with Crippen molar-refractivity contribution in [2.24, 2.45) is 5.73 Å². The summed E-state index contributed by atoms with van der Waals surface area (Å²) in [6, 6.07) is 11.6. The van der Waals surface area contributed by atoms with Crippen molar-refractivity contribution >= 4 is 50.7 Å².